The Kier molecular flexibility index (Phi) is 3.38. The van der Waals surface area contributed by atoms with Gasteiger partial charge in [-0.2, -0.15) is 0 Å². The molecule has 0 spiro atoms. The molecule has 0 aliphatic carbocycles. The van der Waals surface area contributed by atoms with Gasteiger partial charge in [-0.25, -0.2) is 4.98 Å². The van der Waals surface area contributed by atoms with E-state index >= 15 is 0 Å². The van der Waals surface area contributed by atoms with E-state index in [1.165, 1.54) is 5.01 Å². The zero-order valence-electron chi connectivity index (χ0n) is 9.31. The summed E-state index contributed by atoms with van der Waals surface area (Å²) in [6, 6.07) is 0. The van der Waals surface area contributed by atoms with Crippen molar-refractivity contribution in [3.05, 3.63) is 16.1 Å². The number of aliphatic hydroxyl groups excluding tert-OH is 1. The summed E-state index contributed by atoms with van der Waals surface area (Å²) in [5.41, 5.74) is 1.15. The molecular weight excluding hydrogens is 208 g/mol. The summed E-state index contributed by atoms with van der Waals surface area (Å²) in [7, 11) is 0. The first-order chi connectivity index (χ1) is 7.15. The lowest BCUT2D eigenvalue weighted by atomic mass is 10.2. The van der Waals surface area contributed by atoms with E-state index in [9.17, 15) is 5.11 Å². The third-order valence-corrected chi connectivity index (χ3v) is 3.89. The molecule has 1 aromatic heterocycles. The Morgan fingerprint density at radius 3 is 3.00 bits per heavy atom. The first kappa shape index (κ1) is 11.0. The standard InChI is InChI=1S/C11H18N2OS/c1-8(2)11-12-9(7-15-11)5-13-4-3-10(14)6-13/h7-8,10,14H,3-6H2,1-2H3/t10-/m1/s1. The first-order valence-electron chi connectivity index (χ1n) is 5.50. The highest BCUT2D eigenvalue weighted by Crippen LogP contribution is 2.21. The molecule has 1 aromatic rings. The molecule has 0 aromatic carbocycles. The van der Waals surface area contributed by atoms with Gasteiger partial charge in [0.05, 0.1) is 16.8 Å². The van der Waals surface area contributed by atoms with Crippen LogP contribution < -0.4 is 0 Å². The molecule has 1 atom stereocenters. The van der Waals surface area contributed by atoms with Crippen molar-refractivity contribution in [1.29, 1.82) is 0 Å². The van der Waals surface area contributed by atoms with Gasteiger partial charge in [-0.15, -0.1) is 11.3 Å². The van der Waals surface area contributed by atoms with E-state index in [-0.39, 0.29) is 6.10 Å². The molecular formula is C11H18N2OS. The second-order valence-corrected chi connectivity index (χ2v) is 5.40. The van der Waals surface area contributed by atoms with Crippen molar-refractivity contribution in [3.8, 4) is 0 Å². The van der Waals surface area contributed by atoms with Crippen LogP contribution in [0.4, 0.5) is 0 Å². The van der Waals surface area contributed by atoms with Crippen LogP contribution in [-0.2, 0) is 6.54 Å². The number of rotatable bonds is 3. The lowest BCUT2D eigenvalue weighted by molar-refractivity contribution is 0.174. The van der Waals surface area contributed by atoms with Crippen molar-refractivity contribution >= 4 is 11.3 Å². The van der Waals surface area contributed by atoms with Crippen LogP contribution >= 0.6 is 11.3 Å². The number of β-amino-alcohol motifs (C(OH)–C–C–N with tert-alkyl or cyclic N) is 1. The van der Waals surface area contributed by atoms with Crippen molar-refractivity contribution in [2.45, 2.75) is 38.8 Å². The highest BCUT2D eigenvalue weighted by molar-refractivity contribution is 7.09. The quantitative estimate of drug-likeness (QED) is 0.854. The Labute approximate surface area is 94.8 Å². The Morgan fingerprint density at radius 2 is 2.47 bits per heavy atom. The van der Waals surface area contributed by atoms with Crippen molar-refractivity contribution in [2.24, 2.45) is 0 Å². The zero-order chi connectivity index (χ0) is 10.8. The first-order valence-corrected chi connectivity index (χ1v) is 6.38. The van der Waals surface area contributed by atoms with Crippen molar-refractivity contribution in [1.82, 2.24) is 9.88 Å². The Morgan fingerprint density at radius 1 is 1.67 bits per heavy atom. The maximum Gasteiger partial charge on any atom is 0.0954 e. The van der Waals surface area contributed by atoms with E-state index in [1.54, 1.807) is 11.3 Å². The molecule has 3 nitrogen and oxygen atoms in total. The number of hydrogen-bond donors (Lipinski definition) is 1. The van der Waals surface area contributed by atoms with Crippen LogP contribution in [0, 0.1) is 0 Å². The number of hydrogen-bond acceptors (Lipinski definition) is 4. The third-order valence-electron chi connectivity index (χ3n) is 2.70. The summed E-state index contributed by atoms with van der Waals surface area (Å²) in [4.78, 5) is 6.86. The van der Waals surface area contributed by atoms with Crippen LogP contribution in [-0.4, -0.2) is 34.2 Å². The monoisotopic (exact) mass is 226 g/mol. The molecule has 15 heavy (non-hydrogen) atoms. The highest BCUT2D eigenvalue weighted by Gasteiger charge is 2.20. The smallest absolute Gasteiger partial charge is 0.0954 e. The van der Waals surface area contributed by atoms with Gasteiger partial charge in [0.25, 0.3) is 0 Å². The van der Waals surface area contributed by atoms with E-state index in [0.29, 0.717) is 5.92 Å². The van der Waals surface area contributed by atoms with Gasteiger partial charge in [0.2, 0.25) is 0 Å². The second-order valence-electron chi connectivity index (χ2n) is 4.51. The van der Waals surface area contributed by atoms with Crippen molar-refractivity contribution in [2.75, 3.05) is 13.1 Å². The molecule has 0 radical (unpaired) electrons. The van der Waals surface area contributed by atoms with Crippen LogP contribution in [0.1, 0.15) is 36.9 Å². The predicted octanol–water partition coefficient (Wildman–Crippen LogP) is 1.83. The zero-order valence-corrected chi connectivity index (χ0v) is 10.1. The molecule has 1 saturated heterocycles. The maximum absolute atomic E-state index is 9.41. The molecule has 84 valence electrons. The SMILES string of the molecule is CC(C)c1nc(CN2CC[C@@H](O)C2)cs1. The molecule has 2 rings (SSSR count). The lowest BCUT2D eigenvalue weighted by Crippen LogP contribution is -2.21. The van der Waals surface area contributed by atoms with Crippen LogP contribution in [0.3, 0.4) is 0 Å². The van der Waals surface area contributed by atoms with Gasteiger partial charge in [-0.3, -0.25) is 4.90 Å². The van der Waals surface area contributed by atoms with Crippen molar-refractivity contribution in [3.63, 3.8) is 0 Å². The summed E-state index contributed by atoms with van der Waals surface area (Å²) < 4.78 is 0. The second kappa shape index (κ2) is 4.60. The average molecular weight is 226 g/mol. The van der Waals surface area contributed by atoms with Gasteiger partial charge in [-0.1, -0.05) is 13.8 Å². The van der Waals surface area contributed by atoms with Crippen molar-refractivity contribution < 1.29 is 5.11 Å². The number of likely N-dealkylation sites (tertiary alicyclic amines) is 1. The Hall–Kier alpha value is -0.450. The highest BCUT2D eigenvalue weighted by atomic mass is 32.1. The van der Waals surface area contributed by atoms with Gasteiger partial charge in [0.15, 0.2) is 0 Å². The summed E-state index contributed by atoms with van der Waals surface area (Å²) in [6.07, 6.45) is 0.773. The van der Waals surface area contributed by atoms with Crippen LogP contribution in [0.15, 0.2) is 5.38 Å². The van der Waals surface area contributed by atoms with Gasteiger partial charge in [-0.05, 0) is 6.42 Å². The van der Waals surface area contributed by atoms with Crippen LogP contribution in [0.2, 0.25) is 0 Å². The fraction of sp³-hybridized carbons (Fsp3) is 0.727. The Balaban J connectivity index is 1.93. The molecule has 0 unspecified atom stereocenters. The van der Waals surface area contributed by atoms with E-state index in [0.717, 1.165) is 31.7 Å². The summed E-state index contributed by atoms with van der Waals surface area (Å²) in [6.45, 7) is 7.02. The minimum absolute atomic E-state index is 0.131. The summed E-state index contributed by atoms with van der Waals surface area (Å²) in [5, 5.41) is 12.8. The minimum atomic E-state index is -0.131. The predicted molar refractivity (Wildman–Crippen MR) is 62.1 cm³/mol. The molecule has 1 aliphatic heterocycles. The maximum atomic E-state index is 9.41. The molecule has 4 heteroatoms. The fourth-order valence-corrected chi connectivity index (χ4v) is 2.67. The number of aliphatic hydroxyl groups is 1. The fourth-order valence-electron chi connectivity index (χ4n) is 1.85. The lowest BCUT2D eigenvalue weighted by Gasteiger charge is -2.12. The molecule has 2 heterocycles. The van der Waals surface area contributed by atoms with Gasteiger partial charge in [0.1, 0.15) is 0 Å². The van der Waals surface area contributed by atoms with Gasteiger partial charge in [0, 0.05) is 30.9 Å². The summed E-state index contributed by atoms with van der Waals surface area (Å²) >= 11 is 1.74. The number of thiazole rings is 1. The summed E-state index contributed by atoms with van der Waals surface area (Å²) in [5.74, 6) is 0.521. The van der Waals surface area contributed by atoms with Crippen LogP contribution in [0.25, 0.3) is 0 Å². The molecule has 1 aliphatic rings. The average Bonchev–Trinajstić information content (AvgIpc) is 2.76. The van der Waals surface area contributed by atoms with E-state index in [4.69, 9.17) is 0 Å². The molecule has 0 amide bonds. The largest absolute Gasteiger partial charge is 0.392 e. The molecule has 0 bridgehead atoms. The number of nitrogens with zero attached hydrogens (tertiary/aromatic N) is 2. The van der Waals surface area contributed by atoms with E-state index in [2.05, 4.69) is 29.1 Å². The Bertz CT molecular complexity index is 324. The van der Waals surface area contributed by atoms with E-state index in [1.807, 2.05) is 0 Å². The number of aromatic nitrogens is 1. The van der Waals surface area contributed by atoms with Gasteiger partial charge >= 0.3 is 0 Å². The van der Waals surface area contributed by atoms with Crippen LogP contribution in [0.5, 0.6) is 0 Å². The third kappa shape index (κ3) is 2.77. The van der Waals surface area contributed by atoms with E-state index < -0.39 is 0 Å². The minimum Gasteiger partial charge on any atom is -0.392 e. The normalized spacial score (nSPS) is 22.8. The molecule has 0 saturated carbocycles. The molecule has 1 fully saturated rings. The van der Waals surface area contributed by atoms with Gasteiger partial charge < -0.3 is 5.11 Å². The molecule has 1 N–H and O–H groups in total. The topological polar surface area (TPSA) is 36.4 Å².